The number of amides is 2. The molecule has 3 N–H and O–H groups in total. The van der Waals surface area contributed by atoms with E-state index < -0.39 is 12.1 Å². The molecular weight excluding hydrogens is 572 g/mol. The van der Waals surface area contributed by atoms with Crippen LogP contribution in [0.2, 0.25) is 0 Å². The molecule has 10 heteroatoms. The Bertz CT molecular complexity index is 1830. The van der Waals surface area contributed by atoms with Gasteiger partial charge >= 0.3 is 0 Å². The maximum absolute atomic E-state index is 13.7. The Morgan fingerprint density at radius 3 is 2.36 bits per heavy atom. The van der Waals surface area contributed by atoms with Crippen molar-refractivity contribution in [3.8, 4) is 28.4 Å². The fraction of sp³-hybridized carbons (Fsp3) is 0.343. The maximum Gasteiger partial charge on any atom is 0.246 e. The molecule has 0 fully saturated rings. The van der Waals surface area contributed by atoms with Crippen LogP contribution in [0, 0.1) is 0 Å². The minimum absolute atomic E-state index is 0.208. The van der Waals surface area contributed by atoms with Crippen LogP contribution in [0.25, 0.3) is 22.0 Å². The Balaban J connectivity index is 1.54. The lowest BCUT2D eigenvalue weighted by Crippen LogP contribution is -2.33. The second-order valence-corrected chi connectivity index (χ2v) is 11.5. The Hall–Kier alpha value is -4.99. The Labute approximate surface area is 262 Å². The highest BCUT2D eigenvalue weighted by Crippen LogP contribution is 2.50. The van der Waals surface area contributed by atoms with E-state index in [0.717, 1.165) is 22.0 Å². The average Bonchev–Trinajstić information content (AvgIpc) is 3.33. The first-order valence-corrected chi connectivity index (χ1v) is 15.0. The van der Waals surface area contributed by atoms with E-state index in [0.29, 0.717) is 46.9 Å². The predicted molar refractivity (Wildman–Crippen MR) is 177 cm³/mol. The van der Waals surface area contributed by atoms with Crippen molar-refractivity contribution in [3.63, 3.8) is 0 Å². The molecule has 236 valence electrons. The van der Waals surface area contributed by atoms with Crippen LogP contribution in [0.5, 0.6) is 17.2 Å². The number of nitrogens with one attached hydrogen (secondary N) is 3. The zero-order chi connectivity index (χ0) is 32.4. The van der Waals surface area contributed by atoms with Crippen molar-refractivity contribution in [3.05, 3.63) is 76.1 Å². The summed E-state index contributed by atoms with van der Waals surface area (Å²) in [6.45, 7) is 7.38. The van der Waals surface area contributed by atoms with E-state index >= 15 is 0 Å². The molecule has 0 saturated carbocycles. The minimum Gasteiger partial charge on any atom is -0.493 e. The van der Waals surface area contributed by atoms with Gasteiger partial charge in [0.25, 0.3) is 0 Å². The molecule has 5 rings (SSSR count). The molecule has 0 aliphatic heterocycles. The normalized spacial score (nSPS) is 14.5. The quantitative estimate of drug-likeness (QED) is 0.217. The molecule has 0 bridgehead atoms. The third-order valence-electron chi connectivity index (χ3n) is 8.26. The van der Waals surface area contributed by atoms with E-state index in [1.165, 1.54) is 13.0 Å². The van der Waals surface area contributed by atoms with Crippen molar-refractivity contribution >= 4 is 34.1 Å². The molecule has 1 aliphatic rings. The van der Waals surface area contributed by atoms with Crippen LogP contribution in [-0.4, -0.2) is 43.8 Å². The number of carbonyl (C=O) groups excluding carboxylic acids is 2. The molecule has 4 aromatic rings. The highest BCUT2D eigenvalue weighted by Gasteiger charge is 2.29. The molecule has 1 heterocycles. The van der Waals surface area contributed by atoms with E-state index in [1.807, 2.05) is 42.6 Å². The zero-order valence-corrected chi connectivity index (χ0v) is 26.7. The van der Waals surface area contributed by atoms with Crippen LogP contribution in [0.1, 0.15) is 57.3 Å². The summed E-state index contributed by atoms with van der Waals surface area (Å²) in [6.07, 6.45) is 3.16. The van der Waals surface area contributed by atoms with Crippen LogP contribution < -0.4 is 35.6 Å². The Morgan fingerprint density at radius 1 is 0.933 bits per heavy atom. The number of aromatic nitrogens is 1. The number of hydrogen-bond acceptors (Lipinski definition) is 7. The van der Waals surface area contributed by atoms with Gasteiger partial charge in [-0.3, -0.25) is 14.4 Å². The first kappa shape index (κ1) is 31.4. The fourth-order valence-corrected chi connectivity index (χ4v) is 6.11. The molecule has 2 amide bonds. The second-order valence-electron chi connectivity index (χ2n) is 11.5. The number of ether oxygens (including phenoxy) is 3. The molecule has 45 heavy (non-hydrogen) atoms. The molecule has 3 aromatic carbocycles. The number of benzene rings is 2. The van der Waals surface area contributed by atoms with Crippen LogP contribution >= 0.6 is 0 Å². The number of rotatable bonds is 9. The molecule has 2 unspecified atom stereocenters. The molecule has 0 saturated heterocycles. The molecule has 2 atom stereocenters. The lowest BCUT2D eigenvalue weighted by atomic mass is 9.95. The number of hydrogen-bond donors (Lipinski definition) is 3. The number of carbonyl (C=O) groups is 2. The minimum atomic E-state index is -0.736. The number of methoxy groups -OCH3 is 3. The lowest BCUT2D eigenvalue weighted by molar-refractivity contribution is -0.119. The van der Waals surface area contributed by atoms with Crippen LogP contribution in [-0.2, 0) is 16.0 Å². The fourth-order valence-electron chi connectivity index (χ4n) is 6.11. The van der Waals surface area contributed by atoms with Crippen molar-refractivity contribution in [2.45, 2.75) is 58.7 Å². The third kappa shape index (κ3) is 6.05. The summed E-state index contributed by atoms with van der Waals surface area (Å²) in [5.74, 6) is 0.931. The van der Waals surface area contributed by atoms with Crippen LogP contribution in [0.15, 0.2) is 59.5 Å². The number of nitrogens with zero attached hydrogens (tertiary/aromatic N) is 1. The summed E-state index contributed by atoms with van der Waals surface area (Å²) in [5.41, 5.74) is 4.70. The number of fused-ring (bicyclic) bond motifs is 4. The van der Waals surface area contributed by atoms with Crippen molar-refractivity contribution in [2.75, 3.05) is 32.0 Å². The van der Waals surface area contributed by atoms with Gasteiger partial charge < -0.3 is 34.7 Å². The van der Waals surface area contributed by atoms with Crippen LogP contribution in [0.4, 0.5) is 11.4 Å². The third-order valence-corrected chi connectivity index (χ3v) is 8.26. The predicted octanol–water partition coefficient (Wildman–Crippen LogP) is 5.84. The molecule has 1 aromatic heterocycles. The van der Waals surface area contributed by atoms with Gasteiger partial charge in [-0.25, -0.2) is 0 Å². The van der Waals surface area contributed by atoms with Gasteiger partial charge in [0, 0.05) is 30.1 Å². The molecule has 10 nitrogen and oxygen atoms in total. The van der Waals surface area contributed by atoms with E-state index in [2.05, 4.69) is 34.4 Å². The van der Waals surface area contributed by atoms with Gasteiger partial charge in [-0.15, -0.1) is 0 Å². The lowest BCUT2D eigenvalue weighted by Gasteiger charge is -2.19. The van der Waals surface area contributed by atoms with Gasteiger partial charge in [-0.2, -0.15) is 0 Å². The van der Waals surface area contributed by atoms with E-state index in [9.17, 15) is 14.4 Å². The highest BCUT2D eigenvalue weighted by atomic mass is 16.5. The van der Waals surface area contributed by atoms with Crippen molar-refractivity contribution in [1.29, 1.82) is 0 Å². The molecule has 0 radical (unpaired) electrons. The Kier molecular flexibility index (Phi) is 9.04. The average molecular weight is 613 g/mol. The summed E-state index contributed by atoms with van der Waals surface area (Å²) >= 11 is 0. The first-order valence-electron chi connectivity index (χ1n) is 15.0. The van der Waals surface area contributed by atoms with Gasteiger partial charge in [0.15, 0.2) is 11.5 Å². The smallest absolute Gasteiger partial charge is 0.246 e. The highest BCUT2D eigenvalue weighted by molar-refractivity contribution is 6.04. The van der Waals surface area contributed by atoms with E-state index in [-0.39, 0.29) is 29.0 Å². The summed E-state index contributed by atoms with van der Waals surface area (Å²) in [7, 11) is 4.66. The van der Waals surface area contributed by atoms with Crippen molar-refractivity contribution in [1.82, 2.24) is 9.88 Å². The first-order chi connectivity index (χ1) is 21.6. The summed E-state index contributed by atoms with van der Waals surface area (Å²) in [5, 5.41) is 10.1. The summed E-state index contributed by atoms with van der Waals surface area (Å²) < 4.78 is 19.3. The van der Waals surface area contributed by atoms with E-state index in [4.69, 9.17) is 14.2 Å². The van der Waals surface area contributed by atoms with Crippen molar-refractivity contribution < 1.29 is 23.8 Å². The summed E-state index contributed by atoms with van der Waals surface area (Å²) in [6, 6.07) is 13.8. The van der Waals surface area contributed by atoms with Crippen LogP contribution in [0.3, 0.4) is 0 Å². The second kappa shape index (κ2) is 12.9. The molecule has 0 spiro atoms. The standard InChI is InChI=1S/C35H40N4O6/c1-19(2)39-16-15-24-26(9-8-10-29(24)39)38-35(42)20(3)36-28-14-12-23-25(18-30(28)41)27(37-21(4)40)13-11-22-17-31(43-5)33(44-6)34(45-7)32(22)23/h8-10,12,14-20,27H,11,13H2,1-7H3,(H,36,41)(H,37,40)(H,38,42). The molecule has 1 aliphatic carbocycles. The number of aryl methyl sites for hydroxylation is 1. The zero-order valence-electron chi connectivity index (χ0n) is 26.7. The largest absolute Gasteiger partial charge is 0.493 e. The monoisotopic (exact) mass is 612 g/mol. The van der Waals surface area contributed by atoms with Gasteiger partial charge in [-0.1, -0.05) is 12.1 Å². The molecular formula is C35H40N4O6. The van der Waals surface area contributed by atoms with Gasteiger partial charge in [-0.05, 0) is 86.7 Å². The number of anilines is 2. The van der Waals surface area contributed by atoms with E-state index in [1.54, 1.807) is 34.3 Å². The van der Waals surface area contributed by atoms with Crippen molar-refractivity contribution in [2.24, 2.45) is 0 Å². The summed E-state index contributed by atoms with van der Waals surface area (Å²) in [4.78, 5) is 39.3. The topological polar surface area (TPSA) is 120 Å². The van der Waals surface area contributed by atoms with Gasteiger partial charge in [0.05, 0.1) is 44.3 Å². The Morgan fingerprint density at radius 2 is 1.69 bits per heavy atom. The SMILES string of the molecule is COc1cc2c(c(OC)c1OC)-c1ccc(NC(C)C(=O)Nc3cccc4c3ccn4C(C)C)c(=O)cc1C(NC(C)=O)CC2. The maximum atomic E-state index is 13.7. The van der Waals surface area contributed by atoms with Gasteiger partial charge in [0.1, 0.15) is 6.04 Å². The van der Waals surface area contributed by atoms with Gasteiger partial charge in [0.2, 0.25) is 23.0 Å².